The predicted molar refractivity (Wildman–Crippen MR) is 99.5 cm³/mol. The maximum atomic E-state index is 8.15. The topological polar surface area (TPSA) is 23.8 Å². The van der Waals surface area contributed by atoms with Gasteiger partial charge >= 0.3 is 0 Å². The third-order valence-electron chi connectivity index (χ3n) is 0.335. The van der Waals surface area contributed by atoms with E-state index >= 15 is 0 Å². The molecule has 0 aromatic rings. The quantitative estimate of drug-likeness (QED) is 0.427. The second-order valence-corrected chi connectivity index (χ2v) is 10.0. The molecular formula is C20H42NV-3. The minimum absolute atomic E-state index is 0. The Labute approximate surface area is 155 Å². The smallest absolute Gasteiger partial charge is 0.0680 e. The maximum absolute atomic E-state index is 8.15. The van der Waals surface area contributed by atoms with Gasteiger partial charge in [-0.3, -0.25) is 0 Å². The van der Waals surface area contributed by atoms with Crippen molar-refractivity contribution in [1.82, 2.24) is 0 Å². The molecule has 0 aromatic carbocycles. The standard InChI is InChI=1S/C5H9N.3C5H11.V/c1-5(2,3)4-6;3*1-5(2,3)4;/h1-3H3;3*1H2,2-4H3;/q;3*-1;. The van der Waals surface area contributed by atoms with Crippen molar-refractivity contribution in [2.75, 3.05) is 0 Å². The second-order valence-electron chi connectivity index (χ2n) is 10.0. The first kappa shape index (κ1) is 33.6. The molecule has 0 aromatic heterocycles. The Morgan fingerprint density at radius 1 is 0.545 bits per heavy atom. The minimum atomic E-state index is -0.153. The van der Waals surface area contributed by atoms with Gasteiger partial charge in [-0.25, -0.2) is 0 Å². The van der Waals surface area contributed by atoms with E-state index in [0.29, 0.717) is 0 Å². The van der Waals surface area contributed by atoms with Gasteiger partial charge in [-0.2, -0.15) is 21.5 Å². The molecule has 22 heavy (non-hydrogen) atoms. The SMILES string of the molecule is CC(C)(C)C#N.[CH2-]C(C)(C)C.[CH2-]C(C)(C)C.[CH2-]C(C)(C)C.[V]. The van der Waals surface area contributed by atoms with Crippen molar-refractivity contribution in [3.8, 4) is 6.07 Å². The largest absolute Gasteiger partial charge is 0.338 e. The molecule has 135 valence electrons. The fourth-order valence-corrected chi connectivity index (χ4v) is 0. The van der Waals surface area contributed by atoms with E-state index in [4.69, 9.17) is 5.26 Å². The third-order valence-corrected chi connectivity index (χ3v) is 0.335. The molecule has 0 rings (SSSR count). The molecular weight excluding hydrogens is 305 g/mol. The summed E-state index contributed by atoms with van der Waals surface area (Å²) in [6.07, 6.45) is 0. The van der Waals surface area contributed by atoms with Crippen LogP contribution in [-0.2, 0) is 18.6 Å². The van der Waals surface area contributed by atoms with Crippen molar-refractivity contribution in [2.24, 2.45) is 21.7 Å². The zero-order valence-electron chi connectivity index (χ0n) is 17.5. The Hall–Kier alpha value is 0.0744. The predicted octanol–water partition coefficient (Wildman–Crippen LogP) is 7.15. The summed E-state index contributed by atoms with van der Waals surface area (Å²) >= 11 is 0. The van der Waals surface area contributed by atoms with Gasteiger partial charge in [0.05, 0.1) is 6.07 Å². The van der Waals surface area contributed by atoms with E-state index in [0.717, 1.165) is 0 Å². The summed E-state index contributed by atoms with van der Waals surface area (Å²) in [5.41, 5.74) is 0.597. The van der Waals surface area contributed by atoms with Gasteiger partial charge in [-0.1, -0.05) is 62.3 Å². The first-order valence-corrected chi connectivity index (χ1v) is 7.53. The van der Waals surface area contributed by atoms with Crippen LogP contribution in [-0.4, -0.2) is 0 Å². The van der Waals surface area contributed by atoms with Crippen LogP contribution >= 0.6 is 0 Å². The number of nitrogens with zero attached hydrogens (tertiary/aromatic N) is 1. The molecule has 0 spiro atoms. The Bertz CT molecular complexity index is 212. The van der Waals surface area contributed by atoms with Gasteiger partial charge in [-0.05, 0) is 20.8 Å². The normalized spacial score (nSPS) is 11.0. The van der Waals surface area contributed by atoms with E-state index in [9.17, 15) is 0 Å². The number of hydrogen-bond acceptors (Lipinski definition) is 1. The fraction of sp³-hybridized carbons (Fsp3) is 0.800. The summed E-state index contributed by atoms with van der Waals surface area (Å²) in [4.78, 5) is 0. The van der Waals surface area contributed by atoms with Crippen LogP contribution < -0.4 is 0 Å². The van der Waals surface area contributed by atoms with Crippen LogP contribution in [0.15, 0.2) is 0 Å². The first-order valence-electron chi connectivity index (χ1n) is 7.53. The zero-order valence-corrected chi connectivity index (χ0v) is 18.9. The number of nitriles is 1. The van der Waals surface area contributed by atoms with Crippen molar-refractivity contribution >= 4 is 0 Å². The molecule has 0 heterocycles. The van der Waals surface area contributed by atoms with Crippen molar-refractivity contribution < 1.29 is 18.6 Å². The van der Waals surface area contributed by atoms with E-state index in [2.05, 4.69) is 89.2 Å². The molecule has 0 saturated heterocycles. The molecule has 0 aliphatic heterocycles. The third kappa shape index (κ3) is 773. The van der Waals surface area contributed by atoms with Gasteiger partial charge in [0.1, 0.15) is 0 Å². The average molecular weight is 348 g/mol. The molecule has 2 heteroatoms. The Balaban J connectivity index is -0.0000000577. The van der Waals surface area contributed by atoms with E-state index in [1.165, 1.54) is 0 Å². The number of rotatable bonds is 0. The first-order chi connectivity index (χ1) is 8.56. The molecule has 0 aliphatic rings. The molecule has 1 radical (unpaired) electrons. The summed E-state index contributed by atoms with van der Waals surface area (Å²) < 4.78 is 0. The molecule has 0 atom stereocenters. The molecule has 0 amide bonds. The van der Waals surface area contributed by atoms with Crippen LogP contribution in [0.25, 0.3) is 0 Å². The van der Waals surface area contributed by atoms with E-state index in [-0.39, 0.29) is 40.2 Å². The summed E-state index contributed by atoms with van der Waals surface area (Å²) in [6.45, 7) is 35.6. The van der Waals surface area contributed by atoms with Crippen LogP contribution in [0.5, 0.6) is 0 Å². The molecule has 0 N–H and O–H groups in total. The molecule has 0 aliphatic carbocycles. The van der Waals surface area contributed by atoms with Crippen molar-refractivity contribution in [3.63, 3.8) is 0 Å². The van der Waals surface area contributed by atoms with Crippen LogP contribution in [0.3, 0.4) is 0 Å². The van der Waals surface area contributed by atoms with Crippen LogP contribution in [0, 0.1) is 53.8 Å². The van der Waals surface area contributed by atoms with E-state index < -0.39 is 0 Å². The van der Waals surface area contributed by atoms with Crippen molar-refractivity contribution in [3.05, 3.63) is 20.8 Å². The average Bonchev–Trinajstić information content (AvgIpc) is 1.91. The second kappa shape index (κ2) is 13.5. The van der Waals surface area contributed by atoms with Crippen LogP contribution in [0.2, 0.25) is 0 Å². The fourth-order valence-electron chi connectivity index (χ4n) is 0. The van der Waals surface area contributed by atoms with Gasteiger partial charge in [0, 0.05) is 24.0 Å². The van der Waals surface area contributed by atoms with E-state index in [1.54, 1.807) is 0 Å². The van der Waals surface area contributed by atoms with Gasteiger partial charge in [-0.15, -0.1) is 0 Å². The molecule has 0 fully saturated rings. The van der Waals surface area contributed by atoms with Gasteiger partial charge < -0.3 is 20.8 Å². The summed E-state index contributed by atoms with van der Waals surface area (Å²) in [7, 11) is 0. The summed E-state index contributed by atoms with van der Waals surface area (Å²) in [6, 6.07) is 2.10. The molecule has 1 nitrogen and oxygen atoms in total. The maximum Gasteiger partial charge on any atom is 0.0680 e. The van der Waals surface area contributed by atoms with Crippen LogP contribution in [0.1, 0.15) is 83.1 Å². The Morgan fingerprint density at radius 2 is 0.591 bits per heavy atom. The minimum Gasteiger partial charge on any atom is -0.338 e. The summed E-state index contributed by atoms with van der Waals surface area (Å²) in [5.74, 6) is 0. The molecule has 0 unspecified atom stereocenters. The van der Waals surface area contributed by atoms with Crippen molar-refractivity contribution in [2.45, 2.75) is 83.1 Å². The monoisotopic (exact) mass is 347 g/mol. The summed E-state index contributed by atoms with van der Waals surface area (Å²) in [5, 5.41) is 8.15. The van der Waals surface area contributed by atoms with Crippen molar-refractivity contribution in [1.29, 1.82) is 5.26 Å². The van der Waals surface area contributed by atoms with Crippen LogP contribution in [0.4, 0.5) is 0 Å². The van der Waals surface area contributed by atoms with Gasteiger partial charge in [0.2, 0.25) is 0 Å². The van der Waals surface area contributed by atoms with E-state index in [1.807, 2.05) is 20.8 Å². The molecule has 0 saturated carbocycles. The zero-order chi connectivity index (χ0) is 18.7. The number of hydrogen-bond donors (Lipinski definition) is 0. The van der Waals surface area contributed by atoms with Gasteiger partial charge in [0.25, 0.3) is 0 Å². The Kier molecular flexibility index (Phi) is 20.6. The molecule has 0 bridgehead atoms. The van der Waals surface area contributed by atoms with Gasteiger partial charge in [0.15, 0.2) is 0 Å². The Morgan fingerprint density at radius 3 is 0.591 bits per heavy atom.